The molecule has 0 unspecified atom stereocenters. The van der Waals surface area contributed by atoms with Gasteiger partial charge in [0, 0.05) is 12.8 Å². The summed E-state index contributed by atoms with van der Waals surface area (Å²) >= 11 is 0. The van der Waals surface area contributed by atoms with E-state index in [0.717, 1.165) is 11.1 Å². The maximum absolute atomic E-state index is 11.9. The minimum atomic E-state index is -4.69. The van der Waals surface area contributed by atoms with E-state index in [0.29, 0.717) is 0 Å². The van der Waals surface area contributed by atoms with Gasteiger partial charge in [-0.15, -0.1) is 26.3 Å². The van der Waals surface area contributed by atoms with Crippen molar-refractivity contribution in [2.75, 3.05) is 0 Å². The number of amides is 2. The van der Waals surface area contributed by atoms with Crippen LogP contribution >= 0.6 is 0 Å². The van der Waals surface area contributed by atoms with E-state index in [1.54, 1.807) is 13.8 Å². The number of halogens is 6. The first-order valence-electron chi connectivity index (χ1n) is 9.83. The van der Waals surface area contributed by atoms with Crippen LogP contribution in [0.25, 0.3) is 0 Å². The zero-order chi connectivity index (χ0) is 26.1. The molecule has 0 spiro atoms. The van der Waals surface area contributed by atoms with E-state index in [2.05, 4.69) is 9.47 Å². The van der Waals surface area contributed by atoms with Crippen molar-refractivity contribution in [3.63, 3.8) is 0 Å². The summed E-state index contributed by atoms with van der Waals surface area (Å²) in [5.41, 5.74) is 11.5. The van der Waals surface area contributed by atoms with E-state index in [-0.39, 0.29) is 51.0 Å². The van der Waals surface area contributed by atoms with Crippen molar-refractivity contribution in [2.45, 2.75) is 66.1 Å². The average molecular weight is 527 g/mol. The SMILES string of the molecule is C.C.C[C@@H](CC(N)=O)c1ccc(OC(F)(F)F)cc1.C[C@H](CC(N)=O)c1ccc(OC(F)(F)F)cc1. The second-order valence-corrected chi connectivity index (χ2v) is 7.38. The highest BCUT2D eigenvalue weighted by atomic mass is 19.4. The normalized spacial score (nSPS) is 12.4. The molecule has 2 rings (SSSR count). The zero-order valence-corrected chi connectivity index (χ0v) is 18.2. The average Bonchev–Trinajstić information content (AvgIpc) is 2.66. The minimum Gasteiger partial charge on any atom is -0.406 e. The summed E-state index contributed by atoms with van der Waals surface area (Å²) in [5.74, 6) is -1.74. The number of carbonyl (C=O) groups is 2. The molecule has 0 aliphatic rings. The van der Waals surface area contributed by atoms with Gasteiger partial charge in [0.15, 0.2) is 0 Å². The lowest BCUT2D eigenvalue weighted by Gasteiger charge is -2.12. The van der Waals surface area contributed by atoms with Crippen LogP contribution < -0.4 is 20.9 Å². The van der Waals surface area contributed by atoms with Crippen molar-refractivity contribution < 1.29 is 45.4 Å². The molecule has 0 aromatic heterocycles. The van der Waals surface area contributed by atoms with Crippen LogP contribution in [0.5, 0.6) is 11.5 Å². The number of alkyl halides is 6. The number of ether oxygens (including phenoxy) is 2. The molecule has 2 aromatic carbocycles. The Labute approximate surface area is 206 Å². The summed E-state index contributed by atoms with van der Waals surface area (Å²) in [5, 5.41) is 0. The van der Waals surface area contributed by atoms with Crippen LogP contribution in [0.15, 0.2) is 48.5 Å². The van der Waals surface area contributed by atoms with E-state index < -0.39 is 24.5 Å². The van der Waals surface area contributed by atoms with Crippen LogP contribution in [0.3, 0.4) is 0 Å². The highest BCUT2D eigenvalue weighted by molar-refractivity contribution is 5.75. The van der Waals surface area contributed by atoms with Crippen molar-refractivity contribution in [2.24, 2.45) is 11.5 Å². The number of primary amides is 2. The first kappa shape index (κ1) is 34.7. The lowest BCUT2D eigenvalue weighted by atomic mass is 9.97. The van der Waals surface area contributed by atoms with Gasteiger partial charge in [0.05, 0.1) is 0 Å². The monoisotopic (exact) mass is 526 g/mol. The molecule has 36 heavy (non-hydrogen) atoms. The molecule has 4 N–H and O–H groups in total. The molecule has 12 heteroatoms. The van der Waals surface area contributed by atoms with Gasteiger partial charge in [0.1, 0.15) is 11.5 Å². The smallest absolute Gasteiger partial charge is 0.406 e. The van der Waals surface area contributed by atoms with Gasteiger partial charge in [-0.05, 0) is 47.2 Å². The van der Waals surface area contributed by atoms with E-state index in [1.807, 2.05) is 0 Å². The van der Waals surface area contributed by atoms with Crippen LogP contribution in [0.1, 0.15) is 64.5 Å². The molecule has 0 saturated heterocycles. The number of hydrogen-bond acceptors (Lipinski definition) is 4. The van der Waals surface area contributed by atoms with Crippen molar-refractivity contribution in [3.05, 3.63) is 59.7 Å². The molecule has 0 aliphatic heterocycles. The molecule has 0 bridgehead atoms. The molecule has 0 aliphatic carbocycles. The fourth-order valence-electron chi connectivity index (χ4n) is 2.84. The van der Waals surface area contributed by atoms with E-state index in [9.17, 15) is 35.9 Å². The third kappa shape index (κ3) is 14.7. The van der Waals surface area contributed by atoms with Gasteiger partial charge in [-0.25, -0.2) is 0 Å². The van der Waals surface area contributed by atoms with Gasteiger partial charge in [0.2, 0.25) is 11.8 Å². The maximum atomic E-state index is 11.9. The number of hydrogen-bond donors (Lipinski definition) is 2. The topological polar surface area (TPSA) is 105 Å². The first-order valence-corrected chi connectivity index (χ1v) is 9.83. The van der Waals surface area contributed by atoms with Crippen LogP contribution in [0, 0.1) is 0 Å². The van der Waals surface area contributed by atoms with E-state index >= 15 is 0 Å². The third-order valence-electron chi connectivity index (χ3n) is 4.38. The van der Waals surface area contributed by atoms with Crippen molar-refractivity contribution >= 4 is 11.8 Å². The van der Waals surface area contributed by atoms with Gasteiger partial charge in [0.25, 0.3) is 0 Å². The number of carbonyl (C=O) groups excluding carboxylic acids is 2. The van der Waals surface area contributed by atoms with Crippen LogP contribution in [-0.2, 0) is 9.59 Å². The van der Waals surface area contributed by atoms with Crippen molar-refractivity contribution in [1.29, 1.82) is 0 Å². The molecule has 0 fully saturated rings. The molecule has 0 saturated carbocycles. The van der Waals surface area contributed by atoms with Gasteiger partial charge in [-0.2, -0.15) is 0 Å². The Bertz CT molecular complexity index is 852. The lowest BCUT2D eigenvalue weighted by Crippen LogP contribution is -2.17. The highest BCUT2D eigenvalue weighted by Gasteiger charge is 2.31. The molecule has 0 heterocycles. The van der Waals surface area contributed by atoms with Crippen LogP contribution in [0.4, 0.5) is 26.3 Å². The second-order valence-electron chi connectivity index (χ2n) is 7.38. The first-order chi connectivity index (χ1) is 15.6. The second kappa shape index (κ2) is 14.8. The van der Waals surface area contributed by atoms with Gasteiger partial charge >= 0.3 is 12.7 Å². The minimum absolute atomic E-state index is 0. The Hall–Kier alpha value is -3.44. The molecular weight excluding hydrogens is 494 g/mol. The maximum Gasteiger partial charge on any atom is 0.573 e. The fraction of sp³-hybridized carbons (Fsp3) is 0.417. The fourth-order valence-corrected chi connectivity index (χ4v) is 2.84. The van der Waals surface area contributed by atoms with Crippen molar-refractivity contribution in [1.82, 2.24) is 0 Å². The summed E-state index contributed by atoms with van der Waals surface area (Å²) in [6.07, 6.45) is -9.08. The Morgan fingerprint density at radius 3 is 1.11 bits per heavy atom. The van der Waals surface area contributed by atoms with Gasteiger partial charge in [-0.1, -0.05) is 53.0 Å². The Kier molecular flexibility index (Phi) is 14.3. The Morgan fingerprint density at radius 2 is 0.917 bits per heavy atom. The van der Waals surface area contributed by atoms with Crippen LogP contribution in [-0.4, -0.2) is 24.5 Å². The molecule has 204 valence electrons. The quantitative estimate of drug-likeness (QED) is 0.388. The summed E-state index contributed by atoms with van der Waals surface area (Å²) < 4.78 is 78.8. The Morgan fingerprint density at radius 1 is 0.667 bits per heavy atom. The number of benzene rings is 2. The third-order valence-corrected chi connectivity index (χ3v) is 4.38. The van der Waals surface area contributed by atoms with Crippen LogP contribution in [0.2, 0.25) is 0 Å². The van der Waals surface area contributed by atoms with Gasteiger partial charge < -0.3 is 20.9 Å². The summed E-state index contributed by atoms with van der Waals surface area (Å²) in [6, 6.07) is 10.8. The summed E-state index contributed by atoms with van der Waals surface area (Å²) in [6.45, 7) is 3.54. The zero-order valence-electron chi connectivity index (χ0n) is 18.2. The molecular formula is C24H32F6N2O4. The summed E-state index contributed by atoms with van der Waals surface area (Å²) in [7, 11) is 0. The molecule has 2 aromatic rings. The lowest BCUT2D eigenvalue weighted by molar-refractivity contribution is -0.275. The van der Waals surface area contributed by atoms with Crippen molar-refractivity contribution in [3.8, 4) is 11.5 Å². The number of nitrogens with two attached hydrogens (primary N) is 2. The predicted molar refractivity (Wildman–Crippen MR) is 124 cm³/mol. The Balaban J connectivity index is 0. The molecule has 2 atom stereocenters. The molecule has 2 amide bonds. The number of rotatable bonds is 8. The molecule has 6 nitrogen and oxygen atoms in total. The highest BCUT2D eigenvalue weighted by Crippen LogP contribution is 2.27. The standard InChI is InChI=1S/2C11H12F3NO2.2CH4/c2*1-7(6-10(15)16)8-2-4-9(5-3-8)17-11(12,13)14;;/h2*2-5,7H,6H2,1H3,(H2,15,16);2*1H4/t2*7-;;/m10../s1. The largest absolute Gasteiger partial charge is 0.573 e. The predicted octanol–water partition coefficient (Wildman–Crippen LogP) is 6.40. The van der Waals surface area contributed by atoms with E-state index in [4.69, 9.17) is 11.5 Å². The van der Waals surface area contributed by atoms with E-state index in [1.165, 1.54) is 48.5 Å². The molecule has 0 radical (unpaired) electrons. The van der Waals surface area contributed by atoms with Gasteiger partial charge in [-0.3, -0.25) is 9.59 Å². The summed E-state index contributed by atoms with van der Waals surface area (Å²) in [4.78, 5) is 21.4.